The lowest BCUT2D eigenvalue weighted by Gasteiger charge is -2.53. The van der Waals surface area contributed by atoms with Crippen LogP contribution in [0.4, 0.5) is 17.6 Å². The van der Waals surface area contributed by atoms with Crippen molar-refractivity contribution >= 4 is 39.2 Å². The summed E-state index contributed by atoms with van der Waals surface area (Å²) in [7, 11) is -1.90. The van der Waals surface area contributed by atoms with Crippen LogP contribution in [-0.4, -0.2) is 163 Å². The highest BCUT2D eigenvalue weighted by atomic mass is 35.5. The van der Waals surface area contributed by atoms with Gasteiger partial charge in [-0.05, 0) is 130 Å². The van der Waals surface area contributed by atoms with E-state index >= 15 is 0 Å². The van der Waals surface area contributed by atoms with Gasteiger partial charge in [-0.2, -0.15) is 17.5 Å². The first-order valence-electron chi connectivity index (χ1n) is 26.2. The summed E-state index contributed by atoms with van der Waals surface area (Å²) >= 11 is 12.3. The van der Waals surface area contributed by atoms with E-state index in [1.807, 2.05) is 13.8 Å². The Hall–Kier alpha value is -2.52. The van der Waals surface area contributed by atoms with E-state index in [1.54, 1.807) is 41.5 Å². The molecule has 77 heavy (non-hydrogen) atoms. The van der Waals surface area contributed by atoms with Crippen molar-refractivity contribution in [2.24, 2.45) is 17.8 Å². The van der Waals surface area contributed by atoms with Gasteiger partial charge in [-0.1, -0.05) is 50.9 Å². The van der Waals surface area contributed by atoms with Gasteiger partial charge in [-0.3, -0.25) is 4.79 Å². The molecule has 440 valence electrons. The van der Waals surface area contributed by atoms with Crippen LogP contribution in [0.2, 0.25) is 10.0 Å². The molecule has 0 saturated carbocycles. The SMILES string of the molecule is CCCNC[C@]1(O)[C@H](C)O[C@@H](O[C@H]2[C@H](C)[C@@H](O[C@@H]3O[C@H](C)C[C@H](N(C)S(=O)(=O)c4ccc(F)c(Cl)c4)[C@H]3Oc3ccc(C(F)(F)F)c(Cl)c3)[C@](C)(O)C[C@@H](C)CN[C@H](C)[C@@H](O)[C@](C)(O)[C@@H](CC)OC(=O)[C@@H]2C)C[C@@]1(C)OC. The summed E-state index contributed by atoms with van der Waals surface area (Å²) < 4.78 is 132. The van der Waals surface area contributed by atoms with Gasteiger partial charge < -0.3 is 64.2 Å². The number of cyclic esters (lactones) is 1. The summed E-state index contributed by atoms with van der Waals surface area (Å²) in [4.78, 5) is 14.3. The molecule has 3 heterocycles. The van der Waals surface area contributed by atoms with E-state index < -0.39 is 156 Å². The first kappa shape index (κ1) is 65.3. The van der Waals surface area contributed by atoms with Crippen LogP contribution in [0.25, 0.3) is 0 Å². The van der Waals surface area contributed by atoms with Crippen LogP contribution in [0.5, 0.6) is 5.75 Å². The quantitative estimate of drug-likeness (QED) is 0.0588. The number of hydrogen-bond acceptors (Lipinski definition) is 16. The molecule has 0 spiro atoms. The van der Waals surface area contributed by atoms with Gasteiger partial charge in [-0.25, -0.2) is 12.8 Å². The molecule has 0 bridgehead atoms. The average Bonchev–Trinajstić information content (AvgIpc) is 3.34. The van der Waals surface area contributed by atoms with Gasteiger partial charge in [0, 0.05) is 39.1 Å². The zero-order chi connectivity index (χ0) is 58.0. The summed E-state index contributed by atoms with van der Waals surface area (Å²) in [6.45, 7) is 19.0. The number of carbonyl (C=O) groups excluding carboxylic acids is 1. The minimum atomic E-state index is -4.84. The van der Waals surface area contributed by atoms with Gasteiger partial charge >= 0.3 is 12.1 Å². The van der Waals surface area contributed by atoms with Crippen molar-refractivity contribution in [2.45, 2.75) is 209 Å². The van der Waals surface area contributed by atoms with Gasteiger partial charge in [0.2, 0.25) is 10.0 Å². The molecule has 0 unspecified atom stereocenters. The zero-order valence-electron chi connectivity index (χ0n) is 46.2. The topological polar surface area (TPSA) is 224 Å². The Bertz CT molecular complexity index is 2410. The number of nitrogens with zero attached hydrogens (tertiary/aromatic N) is 1. The Morgan fingerprint density at radius 3 is 2.18 bits per heavy atom. The number of esters is 1. The third-order valence-electron chi connectivity index (χ3n) is 15.9. The number of halogens is 6. The predicted molar refractivity (Wildman–Crippen MR) is 279 cm³/mol. The number of aliphatic hydroxyl groups excluding tert-OH is 1. The van der Waals surface area contributed by atoms with Crippen molar-refractivity contribution in [1.82, 2.24) is 14.9 Å². The zero-order valence-corrected chi connectivity index (χ0v) is 48.5. The second-order valence-electron chi connectivity index (χ2n) is 22.1. The number of sulfonamides is 1. The van der Waals surface area contributed by atoms with Crippen LogP contribution in [0.3, 0.4) is 0 Å². The molecule has 17 nitrogen and oxygen atoms in total. The highest BCUT2D eigenvalue weighted by Gasteiger charge is 2.59. The van der Waals surface area contributed by atoms with E-state index in [0.717, 1.165) is 41.1 Å². The molecule has 0 aliphatic carbocycles. The summed E-state index contributed by atoms with van der Waals surface area (Å²) in [5.74, 6) is -4.83. The van der Waals surface area contributed by atoms with Gasteiger partial charge in [0.25, 0.3) is 0 Å². The number of rotatable bonds is 15. The molecule has 3 saturated heterocycles. The second kappa shape index (κ2) is 25.7. The van der Waals surface area contributed by atoms with Gasteiger partial charge in [0.05, 0.1) is 62.5 Å². The smallest absolute Gasteiger partial charge is 0.417 e. The standard InChI is InChI=1S/C53H81Cl2F4N3O14S/c1-14-20-60-27-52(67)33(8)72-42(25-50(52,10)70-13)75-43-30(5)46(49(9,65)24-28(3)26-61-32(7)45(63)51(11,66)41(15-2)74-47(64)31(43)6)76-48-44(73-34-16-18-36(37(54)22-34)53(57,58)59)40(21-29(4)71-48)62(12)77(68,69)35-17-19-39(56)38(55)23-35/h16-19,22-23,28-33,40-46,48,60-61,63,65-67H,14-15,20-21,24-27H2,1-13H3/t28-,29-,30+,31-,32-,33+,40+,41-,42+,43+,44-,45-,46-,48+,49-,50-,51-,52+/m1/s1. The predicted octanol–water partition coefficient (Wildman–Crippen LogP) is 7.24. The van der Waals surface area contributed by atoms with Crippen LogP contribution in [-0.2, 0) is 49.4 Å². The van der Waals surface area contributed by atoms with E-state index in [0.29, 0.717) is 12.6 Å². The summed E-state index contributed by atoms with van der Waals surface area (Å²) in [6, 6.07) is 3.42. The van der Waals surface area contributed by atoms with Gasteiger partial charge in [-0.15, -0.1) is 0 Å². The molecule has 24 heteroatoms. The molecule has 0 amide bonds. The first-order chi connectivity index (χ1) is 35.6. The number of methoxy groups -OCH3 is 1. The number of likely N-dealkylation sites (N-methyl/N-ethyl adjacent to an activating group) is 1. The molecule has 2 aromatic carbocycles. The van der Waals surface area contributed by atoms with Gasteiger partial charge in [0.1, 0.15) is 40.6 Å². The van der Waals surface area contributed by atoms with E-state index in [1.165, 1.54) is 34.9 Å². The van der Waals surface area contributed by atoms with Crippen molar-refractivity contribution in [3.8, 4) is 5.75 Å². The molecular weight excluding hydrogens is 1080 g/mol. The number of hydrogen-bond donors (Lipinski definition) is 6. The largest absolute Gasteiger partial charge is 0.483 e. The lowest BCUT2D eigenvalue weighted by atomic mass is 9.75. The van der Waals surface area contributed by atoms with E-state index in [9.17, 15) is 51.2 Å². The fourth-order valence-corrected chi connectivity index (χ4v) is 13.0. The van der Waals surface area contributed by atoms with E-state index in [2.05, 4.69) is 10.6 Å². The normalized spacial score (nSPS) is 38.4. The number of benzene rings is 2. The van der Waals surface area contributed by atoms with Crippen LogP contribution in [0, 0.1) is 23.6 Å². The number of carbonyl (C=O) groups is 1. The minimum Gasteiger partial charge on any atom is -0.483 e. The fourth-order valence-electron chi connectivity index (χ4n) is 11.1. The number of aliphatic hydroxyl groups is 4. The Morgan fingerprint density at radius 1 is 0.935 bits per heavy atom. The molecule has 3 aliphatic heterocycles. The summed E-state index contributed by atoms with van der Waals surface area (Å²) in [5, 5.41) is 54.0. The maximum atomic E-state index is 14.7. The molecule has 2 aromatic rings. The van der Waals surface area contributed by atoms with E-state index in [4.69, 9.17) is 56.4 Å². The third-order valence-corrected chi connectivity index (χ3v) is 18.4. The Kier molecular flexibility index (Phi) is 21.8. The van der Waals surface area contributed by atoms with Crippen LogP contribution < -0.4 is 15.4 Å². The van der Waals surface area contributed by atoms with Crippen molar-refractivity contribution in [3.05, 3.63) is 57.8 Å². The number of ether oxygens (including phenoxy) is 7. The molecule has 18 atom stereocenters. The lowest BCUT2D eigenvalue weighted by molar-refractivity contribution is -0.335. The molecule has 0 aromatic heterocycles. The van der Waals surface area contributed by atoms with Crippen molar-refractivity contribution in [1.29, 1.82) is 0 Å². The van der Waals surface area contributed by atoms with Crippen LogP contribution >= 0.6 is 23.2 Å². The van der Waals surface area contributed by atoms with Gasteiger partial charge in [0.15, 0.2) is 18.7 Å². The highest BCUT2D eigenvalue weighted by molar-refractivity contribution is 7.89. The van der Waals surface area contributed by atoms with Crippen molar-refractivity contribution in [3.63, 3.8) is 0 Å². The molecule has 5 rings (SSSR count). The third kappa shape index (κ3) is 14.6. The van der Waals surface area contributed by atoms with Crippen LogP contribution in [0.1, 0.15) is 114 Å². The van der Waals surface area contributed by atoms with E-state index in [-0.39, 0.29) is 44.5 Å². The fraction of sp³-hybridized carbons (Fsp3) is 0.755. The van der Waals surface area contributed by atoms with Crippen molar-refractivity contribution < 1.29 is 84.4 Å². The maximum absolute atomic E-state index is 14.7. The molecule has 0 radical (unpaired) electrons. The lowest BCUT2D eigenvalue weighted by Crippen LogP contribution is -2.70. The Balaban J connectivity index is 1.70. The number of alkyl halides is 3. The van der Waals surface area contributed by atoms with Crippen molar-refractivity contribution in [2.75, 3.05) is 33.8 Å². The second-order valence-corrected chi connectivity index (χ2v) is 24.9. The first-order valence-corrected chi connectivity index (χ1v) is 28.4. The molecule has 3 fully saturated rings. The molecular formula is C53H81Cl2F4N3O14S. The average molecular weight is 1160 g/mol. The Morgan fingerprint density at radius 2 is 1.60 bits per heavy atom. The highest BCUT2D eigenvalue weighted by Crippen LogP contribution is 2.44. The molecule has 6 N–H and O–H groups in total. The van der Waals surface area contributed by atoms with Crippen LogP contribution in [0.15, 0.2) is 41.3 Å². The summed E-state index contributed by atoms with van der Waals surface area (Å²) in [5.41, 5.74) is -7.99. The number of nitrogens with one attached hydrogen (secondary N) is 2. The minimum absolute atomic E-state index is 0.0564. The monoisotopic (exact) mass is 1160 g/mol. The Labute approximate surface area is 460 Å². The maximum Gasteiger partial charge on any atom is 0.417 e. The molecule has 3 aliphatic rings. The summed E-state index contributed by atoms with van der Waals surface area (Å²) in [6.07, 6.45) is -16.0.